The van der Waals surface area contributed by atoms with Gasteiger partial charge in [0.1, 0.15) is 0 Å². The molecule has 1 aromatic carbocycles. The fourth-order valence-corrected chi connectivity index (χ4v) is 1.84. The summed E-state index contributed by atoms with van der Waals surface area (Å²) >= 11 is 0. The molecule has 1 aromatic heterocycles. The Hall–Kier alpha value is -2.37. The van der Waals surface area contributed by atoms with Crippen LogP contribution in [0.1, 0.15) is 24.2 Å². The Morgan fingerprint density at radius 3 is 2.72 bits per heavy atom. The van der Waals surface area contributed by atoms with Crippen molar-refractivity contribution < 1.29 is 14.7 Å². The minimum atomic E-state index is -0.996. The van der Waals surface area contributed by atoms with Crippen LogP contribution >= 0.6 is 0 Å². The van der Waals surface area contributed by atoms with Crippen molar-refractivity contribution in [1.29, 1.82) is 0 Å². The van der Waals surface area contributed by atoms with Gasteiger partial charge in [0, 0.05) is 13.5 Å². The van der Waals surface area contributed by atoms with Crippen LogP contribution in [0.15, 0.2) is 18.2 Å². The van der Waals surface area contributed by atoms with Crippen LogP contribution < -0.4 is 5.32 Å². The van der Waals surface area contributed by atoms with Crippen molar-refractivity contribution in [3.63, 3.8) is 0 Å². The molecular weight excluding hydrogens is 234 g/mol. The molecule has 1 heterocycles. The van der Waals surface area contributed by atoms with Crippen LogP contribution in [-0.4, -0.2) is 26.5 Å². The number of nitrogens with one attached hydrogen (secondary N) is 1. The predicted molar refractivity (Wildman–Crippen MR) is 66.7 cm³/mol. The summed E-state index contributed by atoms with van der Waals surface area (Å²) in [7, 11) is 0. The normalized spacial score (nSPS) is 10.6. The average molecular weight is 247 g/mol. The Morgan fingerprint density at radius 2 is 2.17 bits per heavy atom. The lowest BCUT2D eigenvalue weighted by atomic mass is 10.2. The molecule has 2 N–H and O–H groups in total. The maximum absolute atomic E-state index is 11.1. The fourth-order valence-electron chi connectivity index (χ4n) is 1.84. The van der Waals surface area contributed by atoms with E-state index in [9.17, 15) is 9.59 Å². The number of carbonyl (C=O) groups is 2. The van der Waals surface area contributed by atoms with Gasteiger partial charge in [-0.1, -0.05) is 0 Å². The number of fused-ring (bicyclic) bond motifs is 1. The van der Waals surface area contributed by atoms with Crippen LogP contribution in [0.5, 0.6) is 0 Å². The van der Waals surface area contributed by atoms with Crippen molar-refractivity contribution in [2.24, 2.45) is 0 Å². The zero-order chi connectivity index (χ0) is 13.3. The van der Waals surface area contributed by atoms with E-state index in [1.807, 2.05) is 11.5 Å². The molecule has 0 aliphatic heterocycles. The standard InChI is InChI=1S/C12H13N3O3/c1-3-15-10-5-4-8(11(17)18)6-9(10)14-12(15)13-7(2)16/h4-6H,3H2,1-2H3,(H,17,18)(H,13,14,16). The maximum Gasteiger partial charge on any atom is 0.335 e. The Morgan fingerprint density at radius 1 is 1.44 bits per heavy atom. The number of carboxylic acids is 1. The molecule has 0 fully saturated rings. The van der Waals surface area contributed by atoms with Crippen LogP contribution in [0.4, 0.5) is 5.95 Å². The summed E-state index contributed by atoms with van der Waals surface area (Å²) in [5.74, 6) is -0.773. The van der Waals surface area contributed by atoms with E-state index in [1.54, 1.807) is 6.07 Å². The minimum Gasteiger partial charge on any atom is -0.478 e. The molecule has 2 aromatic rings. The van der Waals surface area contributed by atoms with E-state index in [1.165, 1.54) is 19.1 Å². The molecular formula is C12H13N3O3. The summed E-state index contributed by atoms with van der Waals surface area (Å²) in [6.07, 6.45) is 0. The number of aromatic carboxylic acids is 1. The molecule has 0 bridgehead atoms. The number of aryl methyl sites for hydroxylation is 1. The molecule has 0 atom stereocenters. The lowest BCUT2D eigenvalue weighted by molar-refractivity contribution is -0.114. The SMILES string of the molecule is CCn1c(NC(C)=O)nc2cc(C(=O)O)ccc21. The largest absolute Gasteiger partial charge is 0.478 e. The molecule has 6 nitrogen and oxygen atoms in total. The van der Waals surface area contributed by atoms with Gasteiger partial charge in [-0.3, -0.25) is 10.1 Å². The van der Waals surface area contributed by atoms with Gasteiger partial charge in [-0.25, -0.2) is 9.78 Å². The number of carboxylic acid groups (broad SMARTS) is 1. The van der Waals surface area contributed by atoms with Crippen molar-refractivity contribution in [2.45, 2.75) is 20.4 Å². The number of aromatic nitrogens is 2. The molecule has 0 unspecified atom stereocenters. The number of hydrogen-bond donors (Lipinski definition) is 2. The van der Waals surface area contributed by atoms with E-state index in [0.29, 0.717) is 18.0 Å². The van der Waals surface area contributed by atoms with E-state index in [4.69, 9.17) is 5.11 Å². The second-order valence-corrected chi connectivity index (χ2v) is 3.87. The van der Waals surface area contributed by atoms with Crippen LogP contribution in [0, 0.1) is 0 Å². The molecule has 94 valence electrons. The Labute approximate surface area is 103 Å². The van der Waals surface area contributed by atoms with Crippen molar-refractivity contribution in [2.75, 3.05) is 5.32 Å². The van der Waals surface area contributed by atoms with E-state index >= 15 is 0 Å². The summed E-state index contributed by atoms with van der Waals surface area (Å²) in [5.41, 5.74) is 1.53. The Kier molecular flexibility index (Phi) is 3.01. The number of benzene rings is 1. The third-order valence-electron chi connectivity index (χ3n) is 2.60. The van der Waals surface area contributed by atoms with Gasteiger partial charge in [0.15, 0.2) is 0 Å². The lowest BCUT2D eigenvalue weighted by Gasteiger charge is -2.05. The van der Waals surface area contributed by atoms with Crippen molar-refractivity contribution in [1.82, 2.24) is 9.55 Å². The number of imidazole rings is 1. The number of rotatable bonds is 3. The van der Waals surface area contributed by atoms with Crippen LogP contribution in [0.2, 0.25) is 0 Å². The van der Waals surface area contributed by atoms with Gasteiger partial charge in [0.25, 0.3) is 0 Å². The quantitative estimate of drug-likeness (QED) is 0.864. The number of amides is 1. The Bertz CT molecular complexity index is 631. The number of hydrogen-bond acceptors (Lipinski definition) is 3. The fraction of sp³-hybridized carbons (Fsp3) is 0.250. The predicted octanol–water partition coefficient (Wildman–Crippen LogP) is 1.71. The van der Waals surface area contributed by atoms with E-state index < -0.39 is 5.97 Å². The molecule has 18 heavy (non-hydrogen) atoms. The summed E-state index contributed by atoms with van der Waals surface area (Å²) in [6.45, 7) is 3.97. The second kappa shape index (κ2) is 4.48. The highest BCUT2D eigenvalue weighted by atomic mass is 16.4. The summed E-state index contributed by atoms with van der Waals surface area (Å²) < 4.78 is 1.82. The molecule has 0 saturated heterocycles. The topological polar surface area (TPSA) is 84.2 Å². The van der Waals surface area contributed by atoms with Crippen molar-refractivity contribution in [3.8, 4) is 0 Å². The van der Waals surface area contributed by atoms with Gasteiger partial charge in [-0.05, 0) is 25.1 Å². The molecule has 0 aliphatic rings. The molecule has 6 heteroatoms. The van der Waals surface area contributed by atoms with Gasteiger partial charge >= 0.3 is 5.97 Å². The highest BCUT2D eigenvalue weighted by molar-refractivity contribution is 5.94. The summed E-state index contributed by atoms with van der Waals surface area (Å²) in [5, 5.41) is 11.5. The third-order valence-corrected chi connectivity index (χ3v) is 2.60. The monoisotopic (exact) mass is 247 g/mol. The highest BCUT2D eigenvalue weighted by Crippen LogP contribution is 2.21. The van der Waals surface area contributed by atoms with Crippen LogP contribution in [0.3, 0.4) is 0 Å². The number of nitrogens with zero attached hydrogens (tertiary/aromatic N) is 2. The first-order valence-corrected chi connectivity index (χ1v) is 5.54. The van der Waals surface area contributed by atoms with E-state index in [-0.39, 0.29) is 11.5 Å². The highest BCUT2D eigenvalue weighted by Gasteiger charge is 2.12. The van der Waals surface area contributed by atoms with Crippen LogP contribution in [-0.2, 0) is 11.3 Å². The van der Waals surface area contributed by atoms with Crippen molar-refractivity contribution in [3.05, 3.63) is 23.8 Å². The van der Waals surface area contributed by atoms with E-state index in [0.717, 1.165) is 5.52 Å². The van der Waals surface area contributed by atoms with Gasteiger partial charge in [0.05, 0.1) is 16.6 Å². The molecule has 0 radical (unpaired) electrons. The molecule has 1 amide bonds. The van der Waals surface area contributed by atoms with Gasteiger partial charge in [-0.2, -0.15) is 0 Å². The average Bonchev–Trinajstić information content (AvgIpc) is 2.63. The maximum atomic E-state index is 11.1. The van der Waals surface area contributed by atoms with Gasteiger partial charge in [-0.15, -0.1) is 0 Å². The van der Waals surface area contributed by atoms with Crippen molar-refractivity contribution >= 4 is 28.9 Å². The molecule has 0 saturated carbocycles. The molecule has 0 spiro atoms. The zero-order valence-corrected chi connectivity index (χ0v) is 10.1. The number of anilines is 1. The van der Waals surface area contributed by atoms with Crippen LogP contribution in [0.25, 0.3) is 11.0 Å². The zero-order valence-electron chi connectivity index (χ0n) is 10.1. The molecule has 0 aliphatic carbocycles. The summed E-state index contributed by atoms with van der Waals surface area (Å²) in [4.78, 5) is 26.2. The molecule has 2 rings (SSSR count). The minimum absolute atomic E-state index is 0.178. The van der Waals surface area contributed by atoms with Gasteiger partial charge < -0.3 is 9.67 Å². The first-order valence-electron chi connectivity index (χ1n) is 5.54. The first kappa shape index (κ1) is 12.1. The Balaban J connectivity index is 2.60. The smallest absolute Gasteiger partial charge is 0.335 e. The number of carbonyl (C=O) groups excluding carboxylic acids is 1. The lowest BCUT2D eigenvalue weighted by Crippen LogP contribution is -2.11. The van der Waals surface area contributed by atoms with E-state index in [2.05, 4.69) is 10.3 Å². The first-order chi connectivity index (χ1) is 8.52. The summed E-state index contributed by atoms with van der Waals surface area (Å²) in [6, 6.07) is 4.71. The third kappa shape index (κ3) is 2.04. The van der Waals surface area contributed by atoms with Gasteiger partial charge in [0.2, 0.25) is 11.9 Å². The second-order valence-electron chi connectivity index (χ2n) is 3.87.